The normalized spacial score (nSPS) is 25.1. The van der Waals surface area contributed by atoms with Gasteiger partial charge in [-0.05, 0) is 37.3 Å². The van der Waals surface area contributed by atoms with Gasteiger partial charge in [0.2, 0.25) is 5.28 Å². The van der Waals surface area contributed by atoms with Gasteiger partial charge in [0.15, 0.2) is 11.5 Å². The van der Waals surface area contributed by atoms with Gasteiger partial charge in [-0.2, -0.15) is 4.98 Å². The number of carbonyl (C=O) groups excluding carboxylic acids is 1. The van der Waals surface area contributed by atoms with Gasteiger partial charge in [-0.1, -0.05) is 0 Å². The highest BCUT2D eigenvalue weighted by molar-refractivity contribution is 6.28. The molecule has 8 heteroatoms. The fraction of sp³-hybridized carbons (Fsp3) is 0.643. The highest BCUT2D eigenvalue weighted by Crippen LogP contribution is 2.38. The summed E-state index contributed by atoms with van der Waals surface area (Å²) in [5, 5.41) is -0.0216. The van der Waals surface area contributed by atoms with Crippen molar-refractivity contribution >= 4 is 29.1 Å². The van der Waals surface area contributed by atoms with Crippen LogP contribution < -0.4 is 10.6 Å². The molecule has 1 aromatic heterocycles. The Kier molecular flexibility index (Phi) is 4.10. The minimum Gasteiger partial charge on any atom is -0.464 e. The number of carbonyl (C=O) groups is 1. The lowest BCUT2D eigenvalue weighted by Gasteiger charge is -2.38. The van der Waals surface area contributed by atoms with Gasteiger partial charge in [0.25, 0.3) is 0 Å². The van der Waals surface area contributed by atoms with E-state index in [1.54, 1.807) is 0 Å². The van der Waals surface area contributed by atoms with Gasteiger partial charge in [-0.3, -0.25) is 0 Å². The monoisotopic (exact) mass is 326 g/mol. The van der Waals surface area contributed by atoms with E-state index in [0.717, 1.165) is 0 Å². The zero-order valence-electron chi connectivity index (χ0n) is 12.6. The fourth-order valence-electron chi connectivity index (χ4n) is 2.81. The number of nitrogens with zero attached hydrogens (tertiary/aromatic N) is 3. The average Bonchev–Trinajstić information content (AvgIpc) is 3.32. The summed E-state index contributed by atoms with van der Waals surface area (Å²) >= 11 is 5.95. The predicted molar refractivity (Wildman–Crippen MR) is 82.1 cm³/mol. The third kappa shape index (κ3) is 2.96. The van der Waals surface area contributed by atoms with E-state index in [1.165, 1.54) is 20.0 Å². The van der Waals surface area contributed by atoms with Crippen LogP contribution in [0.5, 0.6) is 0 Å². The third-order valence-electron chi connectivity index (χ3n) is 4.01. The van der Waals surface area contributed by atoms with E-state index in [0.29, 0.717) is 24.8 Å². The maximum Gasteiger partial charge on any atom is 0.359 e. The van der Waals surface area contributed by atoms with Crippen molar-refractivity contribution in [1.82, 2.24) is 9.97 Å². The summed E-state index contributed by atoms with van der Waals surface area (Å²) in [7, 11) is 1.28. The minimum atomic E-state index is -0.622. The summed E-state index contributed by atoms with van der Waals surface area (Å²) < 4.78 is 10.7. The zero-order chi connectivity index (χ0) is 15.9. The van der Waals surface area contributed by atoms with Crippen LogP contribution in [0.1, 0.15) is 30.3 Å². The van der Waals surface area contributed by atoms with Crippen LogP contribution >= 0.6 is 11.6 Å². The van der Waals surface area contributed by atoms with Crippen LogP contribution in [0.3, 0.4) is 0 Å². The van der Waals surface area contributed by atoms with Crippen molar-refractivity contribution in [1.29, 1.82) is 0 Å². The van der Waals surface area contributed by atoms with Gasteiger partial charge in [0.1, 0.15) is 5.69 Å². The molecule has 2 heterocycles. The average molecular weight is 327 g/mol. The Labute approximate surface area is 133 Å². The van der Waals surface area contributed by atoms with Crippen molar-refractivity contribution in [3.63, 3.8) is 0 Å². The van der Waals surface area contributed by atoms with E-state index in [2.05, 4.69) is 9.97 Å². The molecule has 1 saturated heterocycles. The van der Waals surface area contributed by atoms with E-state index in [9.17, 15) is 4.79 Å². The molecule has 0 spiro atoms. The fourth-order valence-corrected chi connectivity index (χ4v) is 2.98. The lowest BCUT2D eigenvalue weighted by atomic mass is 10.1. The van der Waals surface area contributed by atoms with Gasteiger partial charge in [0, 0.05) is 13.1 Å². The zero-order valence-corrected chi connectivity index (χ0v) is 13.3. The summed E-state index contributed by atoms with van der Waals surface area (Å²) in [6, 6.07) is 0. The SMILES string of the molecule is COC(=O)c1nc(Cl)nc(N2C[C@@H](C)O[C@@H](C3CC3)C2)c1N. The first-order chi connectivity index (χ1) is 10.5. The van der Waals surface area contributed by atoms with Crippen LogP contribution in [0.25, 0.3) is 0 Å². The van der Waals surface area contributed by atoms with Crippen LogP contribution in [-0.2, 0) is 9.47 Å². The molecule has 0 unspecified atom stereocenters. The third-order valence-corrected chi connectivity index (χ3v) is 4.18. The second kappa shape index (κ2) is 5.89. The van der Waals surface area contributed by atoms with Crippen molar-refractivity contribution in [3.8, 4) is 0 Å². The van der Waals surface area contributed by atoms with Crippen LogP contribution in [0.2, 0.25) is 5.28 Å². The molecule has 0 radical (unpaired) electrons. The van der Waals surface area contributed by atoms with E-state index in [4.69, 9.17) is 26.8 Å². The van der Waals surface area contributed by atoms with Gasteiger partial charge >= 0.3 is 5.97 Å². The van der Waals surface area contributed by atoms with E-state index in [1.807, 2.05) is 11.8 Å². The first-order valence-corrected chi connectivity index (χ1v) is 7.69. The number of ether oxygens (including phenoxy) is 2. The van der Waals surface area contributed by atoms with Crippen LogP contribution in [0.4, 0.5) is 11.5 Å². The Morgan fingerprint density at radius 2 is 2.14 bits per heavy atom. The van der Waals surface area contributed by atoms with Gasteiger partial charge < -0.3 is 20.1 Å². The molecule has 1 saturated carbocycles. The second-order valence-electron chi connectivity index (χ2n) is 5.80. The minimum absolute atomic E-state index is 0.000355. The summed E-state index contributed by atoms with van der Waals surface area (Å²) in [4.78, 5) is 21.9. The molecular weight excluding hydrogens is 308 g/mol. The topological polar surface area (TPSA) is 90.6 Å². The summed E-state index contributed by atoms with van der Waals surface area (Å²) in [5.74, 6) is 0.452. The quantitative estimate of drug-likeness (QED) is 0.665. The second-order valence-corrected chi connectivity index (χ2v) is 6.14. The number of hydrogen-bond donors (Lipinski definition) is 1. The Morgan fingerprint density at radius 1 is 1.41 bits per heavy atom. The van der Waals surface area contributed by atoms with Crippen LogP contribution in [0, 0.1) is 5.92 Å². The maximum atomic E-state index is 11.8. The molecule has 0 aromatic carbocycles. The van der Waals surface area contributed by atoms with Gasteiger partial charge in [-0.25, -0.2) is 9.78 Å². The van der Waals surface area contributed by atoms with Crippen LogP contribution in [0.15, 0.2) is 0 Å². The molecule has 1 aromatic rings. The Bertz CT molecular complexity index is 594. The number of anilines is 2. The number of esters is 1. The number of rotatable bonds is 3. The standard InChI is InChI=1S/C14H19ClN4O3/c1-7-5-19(6-9(22-7)8-3-4-8)12-10(16)11(13(20)21-2)17-14(15)18-12/h7-9H,3-6,16H2,1-2H3/t7-,9-/m1/s1. The first-order valence-electron chi connectivity index (χ1n) is 7.31. The summed E-state index contributed by atoms with van der Waals surface area (Å²) in [6.45, 7) is 3.34. The van der Waals surface area contributed by atoms with Crippen LogP contribution in [-0.4, -0.2) is 48.3 Å². The van der Waals surface area contributed by atoms with Crippen molar-refractivity contribution in [2.24, 2.45) is 5.92 Å². The molecular formula is C14H19ClN4O3. The molecule has 1 aliphatic carbocycles. The summed E-state index contributed by atoms with van der Waals surface area (Å²) in [5.41, 5.74) is 6.27. The summed E-state index contributed by atoms with van der Waals surface area (Å²) in [6.07, 6.45) is 2.62. The highest BCUT2D eigenvalue weighted by Gasteiger charge is 2.38. The van der Waals surface area contributed by atoms with E-state index in [-0.39, 0.29) is 28.9 Å². The van der Waals surface area contributed by atoms with E-state index < -0.39 is 5.97 Å². The first kappa shape index (κ1) is 15.3. The van der Waals surface area contributed by atoms with Gasteiger partial charge in [-0.15, -0.1) is 0 Å². The van der Waals surface area contributed by atoms with Crippen molar-refractivity contribution in [3.05, 3.63) is 11.0 Å². The largest absolute Gasteiger partial charge is 0.464 e. The molecule has 2 atom stereocenters. The molecule has 0 amide bonds. The Morgan fingerprint density at radius 3 is 2.77 bits per heavy atom. The Balaban J connectivity index is 1.92. The molecule has 22 heavy (non-hydrogen) atoms. The number of aromatic nitrogens is 2. The molecule has 1 aliphatic heterocycles. The van der Waals surface area contributed by atoms with Gasteiger partial charge in [0.05, 0.1) is 19.3 Å². The number of methoxy groups -OCH3 is 1. The molecule has 2 fully saturated rings. The molecule has 7 nitrogen and oxygen atoms in total. The number of halogens is 1. The number of nitrogens with two attached hydrogens (primary N) is 1. The van der Waals surface area contributed by atoms with Crippen molar-refractivity contribution in [2.75, 3.05) is 30.8 Å². The molecule has 3 rings (SSSR count). The lowest BCUT2D eigenvalue weighted by Crippen LogP contribution is -2.48. The predicted octanol–water partition coefficient (Wildman–Crippen LogP) is 1.50. The Hall–Kier alpha value is -1.60. The lowest BCUT2D eigenvalue weighted by molar-refractivity contribution is -0.0273. The molecule has 0 bridgehead atoms. The smallest absolute Gasteiger partial charge is 0.359 e. The van der Waals surface area contributed by atoms with E-state index >= 15 is 0 Å². The maximum absolute atomic E-state index is 11.8. The van der Waals surface area contributed by atoms with Crippen molar-refractivity contribution in [2.45, 2.75) is 32.0 Å². The van der Waals surface area contributed by atoms with Crippen molar-refractivity contribution < 1.29 is 14.3 Å². The number of nitrogen functional groups attached to an aromatic ring is 1. The molecule has 2 aliphatic rings. The molecule has 120 valence electrons. The molecule has 2 N–H and O–H groups in total. The number of hydrogen-bond acceptors (Lipinski definition) is 7. The highest BCUT2D eigenvalue weighted by atomic mass is 35.5. The number of morpholine rings is 1.